The van der Waals surface area contributed by atoms with Crippen molar-refractivity contribution in [1.29, 1.82) is 0 Å². The number of thioether (sulfide) groups is 1. The second kappa shape index (κ2) is 9.53. The Labute approximate surface area is 209 Å². The van der Waals surface area contributed by atoms with Gasteiger partial charge in [0.05, 0.1) is 17.7 Å². The second-order valence-corrected chi connectivity index (χ2v) is 10.5. The van der Waals surface area contributed by atoms with Crippen LogP contribution in [0.25, 0.3) is 0 Å². The van der Waals surface area contributed by atoms with E-state index >= 15 is 0 Å². The number of hydrazone groups is 1. The van der Waals surface area contributed by atoms with E-state index in [1.54, 1.807) is 11.3 Å². The van der Waals surface area contributed by atoms with E-state index in [9.17, 15) is 4.79 Å². The van der Waals surface area contributed by atoms with Crippen LogP contribution in [0.1, 0.15) is 67.5 Å². The van der Waals surface area contributed by atoms with Gasteiger partial charge in [-0.25, -0.2) is 5.01 Å². The molecule has 3 aliphatic rings. The largest absolute Gasteiger partial charge is 0.467 e. The number of aromatic nitrogens is 3. The van der Waals surface area contributed by atoms with Gasteiger partial charge in [-0.2, -0.15) is 5.10 Å². The summed E-state index contributed by atoms with van der Waals surface area (Å²) in [5.41, 5.74) is 3.14. The fraction of sp³-hybridized carbons (Fsp3) is 0.462. The summed E-state index contributed by atoms with van der Waals surface area (Å²) in [5.74, 6) is 1.93. The molecule has 1 saturated carbocycles. The Kier molecular flexibility index (Phi) is 6.10. The molecular formula is C26H30N6O2S. The number of hydrogen-bond donors (Lipinski definition) is 0. The fourth-order valence-electron chi connectivity index (χ4n) is 4.89. The van der Waals surface area contributed by atoms with Crippen molar-refractivity contribution in [3.05, 3.63) is 59.5 Å². The minimum Gasteiger partial charge on any atom is -0.467 e. The van der Waals surface area contributed by atoms with Gasteiger partial charge in [0.2, 0.25) is 5.95 Å². The molecule has 0 radical (unpaired) electrons. The van der Waals surface area contributed by atoms with E-state index in [4.69, 9.17) is 9.52 Å². The lowest BCUT2D eigenvalue weighted by molar-refractivity contribution is -0.130. The molecule has 8 nitrogen and oxygen atoms in total. The van der Waals surface area contributed by atoms with Gasteiger partial charge in [-0.3, -0.25) is 9.36 Å². The maximum absolute atomic E-state index is 13.4. The maximum Gasteiger partial charge on any atom is 0.253 e. The van der Waals surface area contributed by atoms with Crippen molar-refractivity contribution in [2.24, 2.45) is 5.10 Å². The molecular weight excluding hydrogens is 460 g/mol. The number of carbonyl (C=O) groups excluding carboxylic acids is 1. The molecule has 0 bridgehead atoms. The molecule has 2 aromatic heterocycles. The van der Waals surface area contributed by atoms with Gasteiger partial charge in [0.15, 0.2) is 5.16 Å². The Balaban J connectivity index is 1.21. The van der Waals surface area contributed by atoms with Crippen LogP contribution in [-0.4, -0.2) is 50.2 Å². The van der Waals surface area contributed by atoms with E-state index in [2.05, 4.69) is 50.9 Å². The Morgan fingerprint density at radius 1 is 1.09 bits per heavy atom. The summed E-state index contributed by atoms with van der Waals surface area (Å²) in [7, 11) is 0. The molecule has 1 aliphatic carbocycles. The van der Waals surface area contributed by atoms with Gasteiger partial charge in [-0.15, -0.1) is 10.2 Å². The monoisotopic (exact) mass is 490 g/mol. The molecule has 1 amide bonds. The van der Waals surface area contributed by atoms with Crippen molar-refractivity contribution in [1.82, 2.24) is 19.8 Å². The highest BCUT2D eigenvalue weighted by molar-refractivity contribution is 7.99. The summed E-state index contributed by atoms with van der Waals surface area (Å²) < 4.78 is 7.95. The molecule has 2 aliphatic heterocycles. The number of furan rings is 1. The standard InChI is InChI=1S/C26H30N6O2S/c1-18-7-9-19(10-8-18)21-16-22(23-6-5-15-34-23)32(29-21)24(33)17-35-26-28-27-25(31(26)20-11-12-20)30-13-3-2-4-14-30/h5-10,15,20,22H,2-4,11-14,16-17H2,1H3. The van der Waals surface area contributed by atoms with E-state index in [1.165, 1.54) is 36.6 Å². The van der Waals surface area contributed by atoms with Gasteiger partial charge in [0, 0.05) is 25.6 Å². The third-order valence-electron chi connectivity index (χ3n) is 6.94. The van der Waals surface area contributed by atoms with Gasteiger partial charge >= 0.3 is 0 Å². The van der Waals surface area contributed by atoms with Crippen LogP contribution < -0.4 is 4.90 Å². The van der Waals surface area contributed by atoms with Crippen molar-refractivity contribution in [2.45, 2.75) is 62.7 Å². The Bertz CT molecular complexity index is 1210. The summed E-state index contributed by atoms with van der Waals surface area (Å²) in [6, 6.07) is 12.3. The molecule has 1 atom stereocenters. The van der Waals surface area contributed by atoms with Crippen LogP contribution in [0, 0.1) is 6.92 Å². The molecule has 6 rings (SSSR count). The summed E-state index contributed by atoms with van der Waals surface area (Å²) in [5, 5.41) is 16.2. The highest BCUT2D eigenvalue weighted by atomic mass is 32.2. The first-order chi connectivity index (χ1) is 17.2. The topological polar surface area (TPSA) is 79.8 Å². The molecule has 1 unspecified atom stereocenters. The van der Waals surface area contributed by atoms with E-state index < -0.39 is 0 Å². The number of piperidine rings is 1. The van der Waals surface area contributed by atoms with Crippen LogP contribution in [-0.2, 0) is 4.79 Å². The predicted molar refractivity (Wildman–Crippen MR) is 136 cm³/mol. The predicted octanol–water partition coefficient (Wildman–Crippen LogP) is 4.97. The highest BCUT2D eigenvalue weighted by Gasteiger charge is 2.36. The number of benzene rings is 1. The number of amides is 1. The number of anilines is 1. The Morgan fingerprint density at radius 2 is 1.89 bits per heavy atom. The molecule has 1 aromatic carbocycles. The van der Waals surface area contributed by atoms with Crippen LogP contribution in [0.3, 0.4) is 0 Å². The fourth-order valence-corrected chi connectivity index (χ4v) is 5.74. The molecule has 182 valence electrons. The number of rotatable bonds is 7. The SMILES string of the molecule is Cc1ccc(C2=NN(C(=O)CSc3nnc(N4CCCCC4)n3C3CC3)C(c3ccco3)C2)cc1. The smallest absolute Gasteiger partial charge is 0.253 e. The van der Waals surface area contributed by atoms with Crippen molar-refractivity contribution in [3.8, 4) is 0 Å². The molecule has 9 heteroatoms. The first kappa shape index (κ1) is 22.4. The Hall–Kier alpha value is -3.07. The number of aryl methyl sites for hydroxylation is 1. The summed E-state index contributed by atoms with van der Waals surface area (Å²) in [6.45, 7) is 4.13. The molecule has 3 aromatic rings. The molecule has 35 heavy (non-hydrogen) atoms. The first-order valence-corrected chi connectivity index (χ1v) is 13.5. The van der Waals surface area contributed by atoms with Crippen LogP contribution >= 0.6 is 11.8 Å². The van der Waals surface area contributed by atoms with Gasteiger partial charge < -0.3 is 9.32 Å². The zero-order chi connectivity index (χ0) is 23.8. The van der Waals surface area contributed by atoms with Gasteiger partial charge in [-0.1, -0.05) is 41.6 Å². The van der Waals surface area contributed by atoms with Crippen molar-refractivity contribution < 1.29 is 9.21 Å². The van der Waals surface area contributed by atoms with Gasteiger partial charge in [0.1, 0.15) is 11.8 Å². The van der Waals surface area contributed by atoms with E-state index in [-0.39, 0.29) is 17.7 Å². The van der Waals surface area contributed by atoms with Crippen molar-refractivity contribution >= 4 is 29.3 Å². The highest BCUT2D eigenvalue weighted by Crippen LogP contribution is 2.41. The van der Waals surface area contributed by atoms with Crippen molar-refractivity contribution in [2.75, 3.05) is 23.7 Å². The zero-order valence-electron chi connectivity index (χ0n) is 20.0. The Morgan fingerprint density at radius 3 is 2.60 bits per heavy atom. The van der Waals surface area contributed by atoms with Crippen LogP contribution in [0.5, 0.6) is 0 Å². The van der Waals surface area contributed by atoms with Crippen molar-refractivity contribution in [3.63, 3.8) is 0 Å². The van der Waals surface area contributed by atoms with E-state index in [0.29, 0.717) is 12.5 Å². The lowest BCUT2D eigenvalue weighted by Gasteiger charge is -2.27. The second-order valence-electron chi connectivity index (χ2n) is 9.61. The average Bonchev–Trinajstić information content (AvgIpc) is 3.28. The van der Waals surface area contributed by atoms with E-state index in [0.717, 1.165) is 54.1 Å². The third-order valence-corrected chi connectivity index (χ3v) is 7.87. The average molecular weight is 491 g/mol. The summed E-state index contributed by atoms with van der Waals surface area (Å²) in [6.07, 6.45) is 8.25. The third kappa shape index (κ3) is 4.61. The molecule has 0 spiro atoms. The quantitative estimate of drug-likeness (QED) is 0.435. The van der Waals surface area contributed by atoms with Gasteiger partial charge in [0.25, 0.3) is 5.91 Å². The number of nitrogens with zero attached hydrogens (tertiary/aromatic N) is 6. The maximum atomic E-state index is 13.4. The van der Waals surface area contributed by atoms with E-state index in [1.807, 2.05) is 12.1 Å². The lowest BCUT2D eigenvalue weighted by Crippen LogP contribution is -2.32. The molecule has 4 heterocycles. The zero-order valence-corrected chi connectivity index (χ0v) is 20.8. The number of carbonyl (C=O) groups is 1. The molecule has 0 N–H and O–H groups in total. The van der Waals surface area contributed by atoms with Gasteiger partial charge in [-0.05, 0) is 56.7 Å². The number of hydrogen-bond acceptors (Lipinski definition) is 7. The first-order valence-electron chi connectivity index (χ1n) is 12.5. The molecule has 1 saturated heterocycles. The minimum absolute atomic E-state index is 0.0524. The van der Waals surface area contributed by atoms with Crippen LogP contribution in [0.15, 0.2) is 57.3 Å². The minimum atomic E-state index is -0.236. The molecule has 2 fully saturated rings. The lowest BCUT2D eigenvalue weighted by atomic mass is 10.0. The summed E-state index contributed by atoms with van der Waals surface area (Å²) in [4.78, 5) is 15.8. The van der Waals surface area contributed by atoms with Crippen LogP contribution in [0.2, 0.25) is 0 Å². The van der Waals surface area contributed by atoms with Crippen LogP contribution in [0.4, 0.5) is 5.95 Å². The summed E-state index contributed by atoms with van der Waals surface area (Å²) >= 11 is 1.47. The normalized spacial score (nSPS) is 20.4.